The summed E-state index contributed by atoms with van der Waals surface area (Å²) in [5.41, 5.74) is 2.23. The number of carbonyl (C=O) groups excluding carboxylic acids is 1. The molecule has 0 atom stereocenters. The van der Waals surface area contributed by atoms with E-state index in [0.29, 0.717) is 12.1 Å². The average molecular weight is 346 g/mol. The quantitative estimate of drug-likeness (QED) is 0.842. The minimum atomic E-state index is -3.51. The largest absolute Gasteiger partial charge is 0.322 e. The van der Waals surface area contributed by atoms with Gasteiger partial charge >= 0.3 is 0 Å². The van der Waals surface area contributed by atoms with E-state index in [1.165, 1.54) is 24.3 Å². The lowest BCUT2D eigenvalue weighted by Gasteiger charge is -2.13. The Morgan fingerprint density at radius 1 is 1.04 bits per heavy atom. The predicted molar refractivity (Wildman–Crippen MR) is 95.8 cm³/mol. The van der Waals surface area contributed by atoms with E-state index >= 15 is 0 Å². The fraction of sp³-hybridized carbons (Fsp3) is 0.278. The lowest BCUT2D eigenvalue weighted by atomic mass is 10.0. The van der Waals surface area contributed by atoms with Crippen LogP contribution in [-0.4, -0.2) is 20.9 Å². The van der Waals surface area contributed by atoms with E-state index in [9.17, 15) is 13.2 Å². The Hall–Kier alpha value is -2.18. The second-order valence-corrected chi connectivity index (χ2v) is 7.49. The third-order valence-corrected chi connectivity index (χ3v) is 5.15. The van der Waals surface area contributed by atoms with Gasteiger partial charge in [-0.3, -0.25) is 4.79 Å². The number of nitrogens with one attached hydrogen (secondary N) is 2. The summed E-state index contributed by atoms with van der Waals surface area (Å²) in [7, 11) is -3.51. The molecule has 2 aromatic rings. The highest BCUT2D eigenvalue weighted by Crippen LogP contribution is 2.24. The Morgan fingerprint density at radius 3 is 2.25 bits per heavy atom. The van der Waals surface area contributed by atoms with Crippen LogP contribution in [0.1, 0.15) is 42.6 Å². The van der Waals surface area contributed by atoms with E-state index in [1.54, 1.807) is 6.92 Å². The third kappa shape index (κ3) is 4.21. The van der Waals surface area contributed by atoms with Crippen LogP contribution in [0.2, 0.25) is 0 Å². The van der Waals surface area contributed by atoms with Gasteiger partial charge in [0, 0.05) is 17.8 Å². The van der Waals surface area contributed by atoms with Crippen LogP contribution in [0.25, 0.3) is 0 Å². The van der Waals surface area contributed by atoms with Gasteiger partial charge in [-0.05, 0) is 41.8 Å². The molecule has 0 heterocycles. The van der Waals surface area contributed by atoms with Crippen molar-refractivity contribution in [2.45, 2.75) is 31.6 Å². The van der Waals surface area contributed by atoms with E-state index in [4.69, 9.17) is 0 Å². The number of amides is 1. The van der Waals surface area contributed by atoms with Gasteiger partial charge in [0.25, 0.3) is 5.91 Å². The Morgan fingerprint density at radius 2 is 1.67 bits per heavy atom. The highest BCUT2D eigenvalue weighted by atomic mass is 32.2. The standard InChI is InChI=1S/C18H22N2O3S/c1-4-19-24(22,23)15-11-9-14(10-12-15)18(21)20-17-8-6-5-7-16(17)13(2)3/h5-13,19H,4H2,1-3H3,(H,20,21). The van der Waals surface area contributed by atoms with E-state index in [0.717, 1.165) is 11.3 Å². The summed E-state index contributed by atoms with van der Waals surface area (Å²) in [6.07, 6.45) is 0. The monoisotopic (exact) mass is 346 g/mol. The first-order chi connectivity index (χ1) is 11.3. The molecule has 0 fully saturated rings. The highest BCUT2D eigenvalue weighted by Gasteiger charge is 2.15. The number of hydrogen-bond donors (Lipinski definition) is 2. The maximum Gasteiger partial charge on any atom is 0.255 e. The van der Waals surface area contributed by atoms with Gasteiger partial charge in [-0.15, -0.1) is 0 Å². The summed E-state index contributed by atoms with van der Waals surface area (Å²) in [4.78, 5) is 12.5. The van der Waals surface area contributed by atoms with Crippen LogP contribution < -0.4 is 10.0 Å². The number of hydrogen-bond acceptors (Lipinski definition) is 3. The van der Waals surface area contributed by atoms with Crippen molar-refractivity contribution >= 4 is 21.6 Å². The number of anilines is 1. The molecule has 0 spiro atoms. The molecule has 2 rings (SSSR count). The van der Waals surface area contributed by atoms with Gasteiger partial charge in [-0.25, -0.2) is 13.1 Å². The second kappa shape index (κ2) is 7.59. The molecule has 0 saturated carbocycles. The molecule has 0 aliphatic rings. The summed E-state index contributed by atoms with van der Waals surface area (Å²) in [5.74, 6) is 0.0182. The van der Waals surface area contributed by atoms with Crippen LogP contribution in [-0.2, 0) is 10.0 Å². The van der Waals surface area contributed by atoms with Crippen molar-refractivity contribution in [1.29, 1.82) is 0 Å². The highest BCUT2D eigenvalue weighted by molar-refractivity contribution is 7.89. The maximum atomic E-state index is 12.4. The second-order valence-electron chi connectivity index (χ2n) is 5.72. The van der Waals surface area contributed by atoms with Crippen molar-refractivity contribution < 1.29 is 13.2 Å². The Balaban J connectivity index is 2.20. The molecule has 0 unspecified atom stereocenters. The van der Waals surface area contributed by atoms with E-state index in [2.05, 4.69) is 23.9 Å². The summed E-state index contributed by atoms with van der Waals surface area (Å²) in [5, 5.41) is 2.89. The fourth-order valence-electron chi connectivity index (χ4n) is 2.37. The third-order valence-electron chi connectivity index (χ3n) is 3.59. The number of carbonyl (C=O) groups is 1. The summed E-state index contributed by atoms with van der Waals surface area (Å²) in [6, 6.07) is 13.5. The molecule has 0 radical (unpaired) electrons. The molecule has 6 heteroatoms. The lowest BCUT2D eigenvalue weighted by Crippen LogP contribution is -2.23. The van der Waals surface area contributed by atoms with Crippen LogP contribution in [0.5, 0.6) is 0 Å². The van der Waals surface area contributed by atoms with Gasteiger partial charge in [-0.2, -0.15) is 0 Å². The zero-order chi connectivity index (χ0) is 17.7. The molecular weight excluding hydrogens is 324 g/mol. The van der Waals surface area contributed by atoms with Crippen molar-refractivity contribution in [1.82, 2.24) is 4.72 Å². The molecule has 0 aliphatic heterocycles. The predicted octanol–water partition coefficient (Wildman–Crippen LogP) is 3.36. The van der Waals surface area contributed by atoms with Gasteiger partial charge in [-0.1, -0.05) is 39.0 Å². The zero-order valence-corrected chi connectivity index (χ0v) is 14.9. The number of sulfonamides is 1. The normalized spacial score (nSPS) is 11.5. The molecule has 5 nitrogen and oxygen atoms in total. The molecule has 0 aliphatic carbocycles. The molecule has 0 aromatic heterocycles. The van der Waals surface area contributed by atoms with Crippen molar-refractivity contribution in [2.24, 2.45) is 0 Å². The van der Waals surface area contributed by atoms with Gasteiger partial charge in [0.15, 0.2) is 0 Å². The lowest BCUT2D eigenvalue weighted by molar-refractivity contribution is 0.102. The molecule has 0 bridgehead atoms. The molecule has 0 saturated heterocycles. The van der Waals surface area contributed by atoms with Crippen LogP contribution in [0.4, 0.5) is 5.69 Å². The van der Waals surface area contributed by atoms with Crippen molar-refractivity contribution in [3.8, 4) is 0 Å². The molecule has 2 aromatic carbocycles. The van der Waals surface area contributed by atoms with Crippen molar-refractivity contribution in [2.75, 3.05) is 11.9 Å². The van der Waals surface area contributed by atoms with Gasteiger partial charge in [0.1, 0.15) is 0 Å². The minimum absolute atomic E-state index is 0.142. The number of rotatable bonds is 6. The first kappa shape index (κ1) is 18.2. The summed E-state index contributed by atoms with van der Waals surface area (Å²) < 4.78 is 26.2. The van der Waals surface area contributed by atoms with Crippen molar-refractivity contribution in [3.05, 3.63) is 59.7 Å². The number of para-hydroxylation sites is 1. The van der Waals surface area contributed by atoms with E-state index in [1.807, 2.05) is 24.3 Å². The topological polar surface area (TPSA) is 75.3 Å². The molecule has 1 amide bonds. The molecular formula is C18H22N2O3S. The first-order valence-corrected chi connectivity index (χ1v) is 9.33. The van der Waals surface area contributed by atoms with Crippen LogP contribution in [0, 0.1) is 0 Å². The van der Waals surface area contributed by atoms with Crippen LogP contribution in [0.3, 0.4) is 0 Å². The summed E-state index contributed by atoms with van der Waals surface area (Å²) >= 11 is 0. The van der Waals surface area contributed by atoms with Crippen molar-refractivity contribution in [3.63, 3.8) is 0 Å². The van der Waals surface area contributed by atoms with Gasteiger partial charge < -0.3 is 5.32 Å². The van der Waals surface area contributed by atoms with Gasteiger partial charge in [0.2, 0.25) is 10.0 Å². The van der Waals surface area contributed by atoms with E-state index in [-0.39, 0.29) is 16.7 Å². The Bertz CT molecular complexity index is 812. The summed E-state index contributed by atoms with van der Waals surface area (Å²) in [6.45, 7) is 6.15. The van der Waals surface area contributed by atoms with Crippen LogP contribution in [0.15, 0.2) is 53.4 Å². The molecule has 24 heavy (non-hydrogen) atoms. The number of benzene rings is 2. The maximum absolute atomic E-state index is 12.4. The van der Waals surface area contributed by atoms with E-state index < -0.39 is 10.0 Å². The smallest absolute Gasteiger partial charge is 0.255 e. The SMILES string of the molecule is CCNS(=O)(=O)c1ccc(C(=O)Nc2ccccc2C(C)C)cc1. The Labute approximate surface area is 143 Å². The zero-order valence-electron chi connectivity index (χ0n) is 14.0. The molecule has 128 valence electrons. The fourth-order valence-corrected chi connectivity index (χ4v) is 3.41. The average Bonchev–Trinajstić information content (AvgIpc) is 2.55. The van der Waals surface area contributed by atoms with Gasteiger partial charge in [0.05, 0.1) is 4.90 Å². The first-order valence-electron chi connectivity index (χ1n) is 7.85. The van der Waals surface area contributed by atoms with Crippen LogP contribution >= 0.6 is 0 Å². The minimum Gasteiger partial charge on any atom is -0.322 e. The molecule has 2 N–H and O–H groups in total. The Kier molecular flexibility index (Phi) is 5.75.